The van der Waals surface area contributed by atoms with Crippen LogP contribution >= 0.6 is 0 Å². The largest absolute Gasteiger partial charge is 0.461 e. The monoisotopic (exact) mass is 330 g/mol. The molecule has 5 heteroatoms. The van der Waals surface area contributed by atoms with Gasteiger partial charge in [0.05, 0.1) is 5.56 Å². The molecule has 0 radical (unpaired) electrons. The highest BCUT2D eigenvalue weighted by Crippen LogP contribution is 2.25. The first-order valence-corrected chi connectivity index (χ1v) is 8.46. The molecule has 0 spiro atoms. The van der Waals surface area contributed by atoms with Crippen LogP contribution in [-0.2, 0) is 11.2 Å². The van der Waals surface area contributed by atoms with Gasteiger partial charge in [-0.2, -0.15) is 0 Å². The van der Waals surface area contributed by atoms with Crippen molar-refractivity contribution in [3.8, 4) is 11.3 Å². The Kier molecular flexibility index (Phi) is 5.30. The summed E-state index contributed by atoms with van der Waals surface area (Å²) in [4.78, 5) is 14.2. The lowest BCUT2D eigenvalue weighted by atomic mass is 10.0. The third-order valence-electron chi connectivity index (χ3n) is 4.64. The predicted octanol–water partition coefficient (Wildman–Crippen LogP) is 3.23. The summed E-state index contributed by atoms with van der Waals surface area (Å²) in [5, 5.41) is 3.26. The van der Waals surface area contributed by atoms with Gasteiger partial charge in [0.15, 0.2) is 0 Å². The van der Waals surface area contributed by atoms with E-state index in [1.807, 2.05) is 18.0 Å². The van der Waals surface area contributed by atoms with Crippen molar-refractivity contribution in [1.29, 1.82) is 0 Å². The summed E-state index contributed by atoms with van der Waals surface area (Å²) in [6.45, 7) is 1.62. The van der Waals surface area contributed by atoms with Crippen LogP contribution in [0.3, 0.4) is 0 Å². The van der Waals surface area contributed by atoms with Crippen molar-refractivity contribution in [3.63, 3.8) is 0 Å². The number of benzene rings is 1. The maximum Gasteiger partial charge on any atom is 0.223 e. The molecule has 2 aromatic rings. The molecule has 1 amide bonds. The van der Waals surface area contributed by atoms with Crippen LogP contribution in [0.2, 0.25) is 0 Å². The fourth-order valence-corrected chi connectivity index (χ4v) is 3.12. The molecule has 1 aliphatic heterocycles. The summed E-state index contributed by atoms with van der Waals surface area (Å²) in [5.74, 6) is 1.08. The number of furan rings is 1. The normalized spacial score (nSPS) is 15.7. The van der Waals surface area contributed by atoms with Crippen molar-refractivity contribution in [2.75, 3.05) is 20.1 Å². The number of carbonyl (C=O) groups is 1. The van der Waals surface area contributed by atoms with E-state index in [4.69, 9.17) is 4.42 Å². The zero-order chi connectivity index (χ0) is 16.9. The number of hydrogen-bond acceptors (Lipinski definition) is 3. The number of nitrogens with zero attached hydrogens (tertiary/aromatic N) is 1. The minimum atomic E-state index is -0.304. The molecular weight excluding hydrogens is 307 g/mol. The van der Waals surface area contributed by atoms with Crippen LogP contribution in [0.5, 0.6) is 0 Å². The van der Waals surface area contributed by atoms with Crippen LogP contribution in [0.15, 0.2) is 40.8 Å². The number of hydrogen-bond donors (Lipinski definition) is 1. The van der Waals surface area contributed by atoms with Crippen LogP contribution in [0, 0.1) is 5.82 Å². The van der Waals surface area contributed by atoms with Crippen molar-refractivity contribution in [1.82, 2.24) is 10.2 Å². The van der Waals surface area contributed by atoms with Gasteiger partial charge in [0.2, 0.25) is 5.91 Å². The predicted molar refractivity (Wildman–Crippen MR) is 91.1 cm³/mol. The first-order valence-electron chi connectivity index (χ1n) is 8.46. The van der Waals surface area contributed by atoms with E-state index in [-0.39, 0.29) is 11.7 Å². The Hall–Kier alpha value is -2.14. The quantitative estimate of drug-likeness (QED) is 0.915. The van der Waals surface area contributed by atoms with Gasteiger partial charge in [-0.3, -0.25) is 4.79 Å². The first kappa shape index (κ1) is 16.7. The Morgan fingerprint density at radius 3 is 2.71 bits per heavy atom. The van der Waals surface area contributed by atoms with Crippen LogP contribution in [0.1, 0.15) is 25.0 Å². The molecule has 1 saturated heterocycles. The highest BCUT2D eigenvalue weighted by Gasteiger charge is 2.21. The van der Waals surface area contributed by atoms with Crippen molar-refractivity contribution in [2.45, 2.75) is 31.7 Å². The summed E-state index contributed by atoms with van der Waals surface area (Å²) >= 11 is 0. The second-order valence-corrected chi connectivity index (χ2v) is 6.19. The Balaban J connectivity index is 1.54. The van der Waals surface area contributed by atoms with Gasteiger partial charge in [0, 0.05) is 32.0 Å². The van der Waals surface area contributed by atoms with E-state index in [0.29, 0.717) is 36.0 Å². The number of aryl methyl sites for hydroxylation is 1. The number of halogens is 1. The molecule has 128 valence electrons. The van der Waals surface area contributed by atoms with E-state index < -0.39 is 0 Å². The van der Waals surface area contributed by atoms with Crippen LogP contribution in [-0.4, -0.2) is 37.0 Å². The molecule has 0 saturated carbocycles. The van der Waals surface area contributed by atoms with E-state index in [2.05, 4.69) is 5.32 Å². The second kappa shape index (κ2) is 7.62. The molecule has 1 aliphatic rings. The Morgan fingerprint density at radius 2 is 2.00 bits per heavy atom. The summed E-state index contributed by atoms with van der Waals surface area (Å²) in [7, 11) is 1.96. The molecule has 3 rings (SSSR count). The lowest BCUT2D eigenvalue weighted by Gasteiger charge is -2.31. The van der Waals surface area contributed by atoms with Gasteiger partial charge in [-0.15, -0.1) is 0 Å². The fraction of sp³-hybridized carbons (Fsp3) is 0.421. The lowest BCUT2D eigenvalue weighted by Crippen LogP contribution is -2.44. The van der Waals surface area contributed by atoms with Gasteiger partial charge >= 0.3 is 0 Å². The van der Waals surface area contributed by atoms with Crippen molar-refractivity contribution >= 4 is 5.91 Å². The number of carbonyl (C=O) groups excluding carboxylic acids is 1. The Bertz CT molecular complexity index is 690. The summed E-state index contributed by atoms with van der Waals surface area (Å²) in [6.07, 6.45) is 2.97. The Labute approximate surface area is 141 Å². The minimum absolute atomic E-state index is 0.161. The molecule has 2 heterocycles. The van der Waals surface area contributed by atoms with Gasteiger partial charge < -0.3 is 14.6 Å². The van der Waals surface area contributed by atoms with E-state index >= 15 is 0 Å². The second-order valence-electron chi connectivity index (χ2n) is 6.19. The van der Waals surface area contributed by atoms with Gasteiger partial charge in [-0.05, 0) is 44.2 Å². The average molecular weight is 330 g/mol. The molecule has 24 heavy (non-hydrogen) atoms. The van der Waals surface area contributed by atoms with Crippen LogP contribution < -0.4 is 5.32 Å². The van der Waals surface area contributed by atoms with Crippen LogP contribution in [0.25, 0.3) is 11.3 Å². The Morgan fingerprint density at radius 1 is 1.25 bits per heavy atom. The number of amides is 1. The van der Waals surface area contributed by atoms with Gasteiger partial charge in [-0.1, -0.05) is 12.1 Å². The van der Waals surface area contributed by atoms with Gasteiger partial charge in [0.1, 0.15) is 17.3 Å². The molecule has 4 nitrogen and oxygen atoms in total. The number of rotatable bonds is 5. The molecule has 0 bridgehead atoms. The van der Waals surface area contributed by atoms with E-state index in [9.17, 15) is 9.18 Å². The standard InChI is InChI=1S/C19H23FN2O2/c1-21-14-10-12-22(13-11-14)19(23)9-7-15-6-8-18(24-15)16-4-2-3-5-17(16)20/h2-6,8,14,21H,7,9-13H2,1H3. The molecule has 1 fully saturated rings. The zero-order valence-corrected chi connectivity index (χ0v) is 13.9. The topological polar surface area (TPSA) is 45.5 Å². The van der Waals surface area contributed by atoms with Crippen LogP contribution in [0.4, 0.5) is 4.39 Å². The van der Waals surface area contributed by atoms with Crippen molar-refractivity contribution < 1.29 is 13.6 Å². The molecule has 1 aromatic carbocycles. The fourth-order valence-electron chi connectivity index (χ4n) is 3.12. The summed E-state index contributed by atoms with van der Waals surface area (Å²) < 4.78 is 19.5. The summed E-state index contributed by atoms with van der Waals surface area (Å²) in [5.41, 5.74) is 0.448. The molecule has 0 aliphatic carbocycles. The van der Waals surface area contributed by atoms with E-state index in [1.165, 1.54) is 6.07 Å². The lowest BCUT2D eigenvalue weighted by molar-refractivity contribution is -0.132. The smallest absolute Gasteiger partial charge is 0.223 e. The highest BCUT2D eigenvalue weighted by molar-refractivity contribution is 5.76. The van der Waals surface area contributed by atoms with Gasteiger partial charge in [0.25, 0.3) is 0 Å². The number of nitrogens with one attached hydrogen (secondary N) is 1. The molecule has 1 N–H and O–H groups in total. The molecule has 1 aromatic heterocycles. The average Bonchev–Trinajstić information content (AvgIpc) is 3.09. The maximum atomic E-state index is 13.8. The number of piperidine rings is 1. The summed E-state index contributed by atoms with van der Waals surface area (Å²) in [6, 6.07) is 10.6. The zero-order valence-electron chi connectivity index (χ0n) is 13.9. The van der Waals surface area contributed by atoms with Gasteiger partial charge in [-0.25, -0.2) is 4.39 Å². The van der Waals surface area contributed by atoms with E-state index in [1.54, 1.807) is 24.3 Å². The van der Waals surface area contributed by atoms with Crippen molar-refractivity contribution in [3.05, 3.63) is 48.0 Å². The minimum Gasteiger partial charge on any atom is -0.461 e. The first-order chi connectivity index (χ1) is 11.7. The number of likely N-dealkylation sites (tertiary alicyclic amines) is 1. The molecule has 0 unspecified atom stereocenters. The van der Waals surface area contributed by atoms with Crippen molar-refractivity contribution in [2.24, 2.45) is 0 Å². The third kappa shape index (κ3) is 3.85. The molecular formula is C19H23FN2O2. The molecule has 0 atom stereocenters. The third-order valence-corrected chi connectivity index (χ3v) is 4.64. The van der Waals surface area contributed by atoms with E-state index in [0.717, 1.165) is 25.9 Å². The maximum absolute atomic E-state index is 13.8. The highest BCUT2D eigenvalue weighted by atomic mass is 19.1. The SMILES string of the molecule is CNC1CCN(C(=O)CCc2ccc(-c3ccccc3F)o2)CC1.